The quantitative estimate of drug-likeness (QED) is 0.109. The number of carbonyl (C=O) groups excluding carboxylic acids is 5. The maximum Gasteiger partial charge on any atom is 0.410 e. The number of carbonyl (C=O) groups is 5. The van der Waals surface area contributed by atoms with Crippen LogP contribution in [0.15, 0.2) is 97.1 Å². The number of nitrogen functional groups attached to an aromatic ring is 1. The van der Waals surface area contributed by atoms with Crippen LogP contribution in [-0.4, -0.2) is 173 Å². The van der Waals surface area contributed by atoms with E-state index < -0.39 is 17.3 Å². The molecule has 4 aromatic rings. The maximum atomic E-state index is 13.7. The first kappa shape index (κ1) is 59.1. The van der Waals surface area contributed by atoms with Gasteiger partial charge in [-0.25, -0.2) is 18.4 Å². The molecular weight excluding hydrogens is 1040 g/mol. The number of nitrogens with two attached hydrogens (primary N) is 1. The molecule has 418 valence electrons. The molecule has 16 nitrogen and oxygen atoms in total. The van der Waals surface area contributed by atoms with E-state index in [0.717, 1.165) is 11.1 Å². The minimum Gasteiger partial charge on any atom is -0.444 e. The summed E-state index contributed by atoms with van der Waals surface area (Å²) in [6.07, 6.45) is 5.63. The Kier molecular flexibility index (Phi) is 19.3. The van der Waals surface area contributed by atoms with Gasteiger partial charge in [0.2, 0.25) is 17.7 Å². The van der Waals surface area contributed by atoms with Gasteiger partial charge in [0.15, 0.2) is 0 Å². The molecule has 0 saturated carbocycles. The number of likely N-dealkylation sites (N-methyl/N-ethyl adjacent to an activating group) is 1. The number of nitrogens with zero attached hydrogens (tertiary/aromatic N) is 7. The highest BCUT2D eigenvalue weighted by Crippen LogP contribution is 2.30. The van der Waals surface area contributed by atoms with Gasteiger partial charge in [-0.2, -0.15) is 0 Å². The molecule has 4 saturated heterocycles. The van der Waals surface area contributed by atoms with Crippen molar-refractivity contribution in [2.75, 3.05) is 84.0 Å². The Hall–Kier alpha value is -6.57. The second-order valence-corrected chi connectivity index (χ2v) is 23.3. The summed E-state index contributed by atoms with van der Waals surface area (Å²) in [7, 11) is 3.61. The minimum absolute atomic E-state index is 0.135. The number of piperazine rings is 4. The van der Waals surface area contributed by atoms with E-state index in [9.17, 15) is 32.8 Å². The number of amides is 5. The van der Waals surface area contributed by atoms with Gasteiger partial charge in [0.05, 0.1) is 30.7 Å². The van der Waals surface area contributed by atoms with Crippen LogP contribution in [-0.2, 0) is 36.9 Å². The summed E-state index contributed by atoms with van der Waals surface area (Å²) in [6, 6.07) is 22.1. The van der Waals surface area contributed by atoms with Crippen molar-refractivity contribution in [1.29, 1.82) is 0 Å². The molecule has 0 aliphatic carbocycles. The number of halogens is 4. The fourth-order valence-corrected chi connectivity index (χ4v) is 10.5. The smallest absolute Gasteiger partial charge is 0.410 e. The lowest BCUT2D eigenvalue weighted by atomic mass is 9.99. The minimum atomic E-state index is -0.630. The predicted octanol–water partition coefficient (Wildman–Crippen LogP) is 8.73. The van der Waals surface area contributed by atoms with Crippen LogP contribution in [0.2, 0.25) is 10.0 Å². The third-order valence-electron chi connectivity index (χ3n) is 13.2. The van der Waals surface area contributed by atoms with Crippen molar-refractivity contribution in [2.45, 2.75) is 90.0 Å². The second-order valence-electron chi connectivity index (χ2n) is 22.5. The van der Waals surface area contributed by atoms with Gasteiger partial charge in [0.25, 0.3) is 0 Å². The summed E-state index contributed by atoms with van der Waals surface area (Å²) in [5.41, 5.74) is 9.14. The number of benzene rings is 4. The molecular formula is C58H71Cl2F2N9O7. The van der Waals surface area contributed by atoms with Crippen molar-refractivity contribution in [3.05, 3.63) is 141 Å². The summed E-state index contributed by atoms with van der Waals surface area (Å²) in [4.78, 5) is 78.5. The molecule has 0 aromatic heterocycles. The lowest BCUT2D eigenvalue weighted by Gasteiger charge is -2.52. The summed E-state index contributed by atoms with van der Waals surface area (Å²) >= 11 is 12.2. The van der Waals surface area contributed by atoms with Crippen LogP contribution in [0.3, 0.4) is 0 Å². The molecule has 4 aromatic carbocycles. The Bertz CT molecular complexity index is 2830. The average molecular weight is 1120 g/mol. The Labute approximate surface area is 466 Å². The van der Waals surface area contributed by atoms with Crippen molar-refractivity contribution in [3.8, 4) is 0 Å². The monoisotopic (exact) mass is 1110 g/mol. The zero-order chi connectivity index (χ0) is 56.6. The molecule has 4 atom stereocenters. The van der Waals surface area contributed by atoms with E-state index in [2.05, 4.69) is 15.1 Å². The van der Waals surface area contributed by atoms with Crippen molar-refractivity contribution >= 4 is 76.6 Å². The van der Waals surface area contributed by atoms with Gasteiger partial charge in [-0.05, 0) is 139 Å². The predicted molar refractivity (Wildman–Crippen MR) is 300 cm³/mol. The van der Waals surface area contributed by atoms with E-state index >= 15 is 0 Å². The maximum absolute atomic E-state index is 13.7. The van der Waals surface area contributed by atoms with Crippen LogP contribution >= 0.6 is 23.2 Å². The van der Waals surface area contributed by atoms with E-state index in [-0.39, 0.29) is 66.2 Å². The first-order valence-electron chi connectivity index (χ1n) is 25.9. The molecule has 4 unspecified atom stereocenters. The average Bonchev–Trinajstić information content (AvgIpc) is 3.42. The Morgan fingerprint density at radius 3 is 1.37 bits per heavy atom. The Morgan fingerprint density at radius 1 is 0.603 bits per heavy atom. The first-order valence-corrected chi connectivity index (χ1v) is 26.7. The fraction of sp³-hybridized carbons (Fsp3) is 0.431. The largest absolute Gasteiger partial charge is 0.444 e. The molecule has 20 heteroatoms. The van der Waals surface area contributed by atoms with Crippen LogP contribution < -0.4 is 11.1 Å². The molecule has 0 radical (unpaired) electrons. The molecule has 3 N–H and O–H groups in total. The van der Waals surface area contributed by atoms with Gasteiger partial charge < -0.3 is 45.0 Å². The van der Waals surface area contributed by atoms with Crippen molar-refractivity contribution in [1.82, 2.24) is 34.3 Å². The SMILES string of the molecule is CC(C)(C)OC(=O)N1CC2CN(Cc3ccc(F)cc3)CC(C1)N2C(=O)/C=C/c1ccc(Cl)cc1N.CN(C)CC(=O)Nc1cc(Cl)ccc1/C=C/C(=O)N1C2CN(Cc3ccc(F)cc3)CC1CN(C(=O)OC(C)(C)C)C2. The number of rotatable bonds is 11. The first-order chi connectivity index (χ1) is 36.7. The number of ether oxygens (including phenoxy) is 2. The summed E-state index contributed by atoms with van der Waals surface area (Å²) < 4.78 is 38.0. The normalized spacial score (nSPS) is 19.9. The highest BCUT2D eigenvalue weighted by molar-refractivity contribution is 6.31. The number of fused-ring (bicyclic) bond motifs is 4. The van der Waals surface area contributed by atoms with Crippen molar-refractivity contribution < 1.29 is 42.2 Å². The Morgan fingerprint density at radius 2 is 0.987 bits per heavy atom. The van der Waals surface area contributed by atoms with E-state index in [1.165, 1.54) is 36.4 Å². The zero-order valence-electron chi connectivity index (χ0n) is 45.6. The molecule has 8 rings (SSSR count). The third kappa shape index (κ3) is 16.7. The van der Waals surface area contributed by atoms with Crippen molar-refractivity contribution in [3.63, 3.8) is 0 Å². The van der Waals surface area contributed by atoms with Gasteiger partial charge in [0.1, 0.15) is 22.8 Å². The molecule has 4 fully saturated rings. The number of hydrogen-bond donors (Lipinski definition) is 2. The number of hydrogen-bond acceptors (Lipinski definition) is 11. The van der Waals surface area contributed by atoms with Crippen LogP contribution in [0.5, 0.6) is 0 Å². The van der Waals surface area contributed by atoms with Gasteiger partial charge in [0, 0.05) is 99.0 Å². The van der Waals surface area contributed by atoms with E-state index in [0.29, 0.717) is 98.0 Å². The lowest BCUT2D eigenvalue weighted by molar-refractivity contribution is -0.141. The summed E-state index contributed by atoms with van der Waals surface area (Å²) in [5, 5.41) is 3.86. The number of nitrogens with one attached hydrogen (secondary N) is 1. The standard InChI is InChI=1S/C31H39ClFN5O4.C27H32ClFN4O3/c1-31(2,3)42-30(41)37-18-25-16-36(15-21-6-11-24(33)12-7-21)17-26(19-37)38(25)29(40)13-9-22-8-10-23(32)14-27(22)34-28(39)20-35(4)5;1-27(2,3)36-26(35)32-16-22-14-31(13-18-4-9-21(29)10-5-18)15-23(17-32)33(22)25(34)11-7-19-6-8-20(28)12-24(19)30/h6-14,25-26H,15-20H2,1-5H3,(H,34,39);4-12,22-23H,13-17,30H2,1-3H3/b13-9+;11-7+. The molecule has 4 aliphatic rings. The molecule has 4 heterocycles. The molecule has 4 aliphatic heterocycles. The highest BCUT2D eigenvalue weighted by atomic mass is 35.5. The van der Waals surface area contributed by atoms with E-state index in [1.54, 1.807) is 102 Å². The molecule has 78 heavy (non-hydrogen) atoms. The van der Waals surface area contributed by atoms with Gasteiger partial charge in [-0.1, -0.05) is 59.6 Å². The third-order valence-corrected chi connectivity index (χ3v) is 13.7. The van der Waals surface area contributed by atoms with Crippen LogP contribution in [0.25, 0.3) is 12.2 Å². The second kappa shape index (κ2) is 25.5. The molecule has 5 amide bonds. The van der Waals surface area contributed by atoms with Crippen LogP contribution in [0, 0.1) is 11.6 Å². The molecule has 4 bridgehead atoms. The van der Waals surface area contributed by atoms with Crippen LogP contribution in [0.1, 0.15) is 63.8 Å². The zero-order valence-corrected chi connectivity index (χ0v) is 47.1. The summed E-state index contributed by atoms with van der Waals surface area (Å²) in [5.74, 6) is -1.07. The highest BCUT2D eigenvalue weighted by Gasteiger charge is 2.46. The topological polar surface area (TPSA) is 165 Å². The Balaban J connectivity index is 0.000000229. The number of anilines is 2. The van der Waals surface area contributed by atoms with Gasteiger partial charge in [-0.3, -0.25) is 24.2 Å². The van der Waals surface area contributed by atoms with Gasteiger partial charge in [-0.15, -0.1) is 0 Å². The summed E-state index contributed by atoms with van der Waals surface area (Å²) in [6.45, 7) is 16.1. The lowest BCUT2D eigenvalue weighted by Crippen LogP contribution is -2.70. The molecule has 0 spiro atoms. The fourth-order valence-electron chi connectivity index (χ4n) is 10.1. The van der Waals surface area contributed by atoms with Gasteiger partial charge >= 0.3 is 12.2 Å². The van der Waals surface area contributed by atoms with E-state index in [4.69, 9.17) is 38.4 Å². The van der Waals surface area contributed by atoms with Crippen molar-refractivity contribution in [2.24, 2.45) is 0 Å². The van der Waals surface area contributed by atoms with Crippen LogP contribution in [0.4, 0.5) is 29.7 Å². The van der Waals surface area contributed by atoms with E-state index in [1.807, 2.05) is 51.3 Å².